The topological polar surface area (TPSA) is 55.1 Å². The van der Waals surface area contributed by atoms with Crippen molar-refractivity contribution in [1.29, 1.82) is 0 Å². The van der Waals surface area contributed by atoms with E-state index >= 15 is 0 Å². The van der Waals surface area contributed by atoms with Crippen LogP contribution in [0.4, 0.5) is 0 Å². The maximum atomic E-state index is 11.1. The first kappa shape index (κ1) is 9.86. The molecule has 1 aromatic heterocycles. The Morgan fingerprint density at radius 1 is 1.57 bits per heavy atom. The lowest BCUT2D eigenvalue weighted by Gasteiger charge is -2.21. The van der Waals surface area contributed by atoms with Crippen molar-refractivity contribution in [3.05, 3.63) is 18.0 Å². The highest BCUT2D eigenvalue weighted by Crippen LogP contribution is 2.09. The quantitative estimate of drug-likeness (QED) is 0.803. The fraction of sp³-hybridized carbons (Fsp3) is 0.667. The summed E-state index contributed by atoms with van der Waals surface area (Å²) < 4.78 is 15.8. The molecule has 0 aliphatic carbocycles. The molecule has 0 spiro atoms. The van der Waals surface area contributed by atoms with Crippen LogP contribution in [-0.2, 0) is 17.3 Å². The summed E-state index contributed by atoms with van der Waals surface area (Å²) in [6.45, 7) is 0.744. The third kappa shape index (κ3) is 2.65. The monoisotopic (exact) mass is 214 g/mol. The highest BCUT2D eigenvalue weighted by molar-refractivity contribution is 7.85. The molecule has 4 nitrogen and oxygen atoms in total. The molecule has 0 amide bonds. The number of nitrogens with one attached hydrogen (secondary N) is 1. The van der Waals surface area contributed by atoms with Gasteiger partial charge < -0.3 is 9.84 Å². The van der Waals surface area contributed by atoms with Crippen molar-refractivity contribution in [1.82, 2.24) is 10.5 Å². The smallest absolute Gasteiger partial charge is 0.124 e. The van der Waals surface area contributed by atoms with E-state index in [-0.39, 0.29) is 0 Å². The van der Waals surface area contributed by atoms with Gasteiger partial charge in [-0.15, -0.1) is 0 Å². The summed E-state index contributed by atoms with van der Waals surface area (Å²) in [6, 6.07) is 2.35. The molecule has 0 atom stereocenters. The summed E-state index contributed by atoms with van der Waals surface area (Å²) in [5.41, 5.74) is 0.927. The van der Waals surface area contributed by atoms with E-state index in [0.29, 0.717) is 6.04 Å². The molecule has 1 aliphatic rings. The Kier molecular flexibility index (Phi) is 3.31. The van der Waals surface area contributed by atoms with Crippen LogP contribution < -0.4 is 5.32 Å². The maximum Gasteiger partial charge on any atom is 0.124 e. The standard InChI is InChI=1S/C9H14N2O2S/c12-14-5-2-8(3-6-14)10-7-9-1-4-13-11-9/h1,4,8,10H,2-3,5-7H2. The van der Waals surface area contributed by atoms with Crippen LogP contribution in [0.2, 0.25) is 0 Å². The van der Waals surface area contributed by atoms with Crippen molar-refractivity contribution in [2.24, 2.45) is 0 Å². The Labute approximate surface area is 85.5 Å². The van der Waals surface area contributed by atoms with Gasteiger partial charge in [0.1, 0.15) is 6.26 Å². The summed E-state index contributed by atoms with van der Waals surface area (Å²) in [6.07, 6.45) is 3.59. The van der Waals surface area contributed by atoms with Crippen LogP contribution >= 0.6 is 0 Å². The number of rotatable bonds is 3. The molecular formula is C9H14N2O2S. The zero-order valence-electron chi connectivity index (χ0n) is 7.94. The van der Waals surface area contributed by atoms with Gasteiger partial charge in [-0.05, 0) is 12.8 Å². The largest absolute Gasteiger partial charge is 0.364 e. The fourth-order valence-corrected chi connectivity index (χ4v) is 2.87. The average molecular weight is 214 g/mol. The number of hydrogen-bond acceptors (Lipinski definition) is 4. The fourth-order valence-electron chi connectivity index (χ4n) is 1.58. The summed E-state index contributed by atoms with van der Waals surface area (Å²) in [7, 11) is -0.575. The first-order valence-electron chi connectivity index (χ1n) is 4.82. The summed E-state index contributed by atoms with van der Waals surface area (Å²) in [4.78, 5) is 0. The molecule has 1 fully saturated rings. The van der Waals surface area contributed by atoms with Crippen molar-refractivity contribution >= 4 is 10.8 Å². The van der Waals surface area contributed by atoms with E-state index in [0.717, 1.165) is 36.6 Å². The minimum absolute atomic E-state index is 0.490. The first-order valence-corrected chi connectivity index (χ1v) is 6.31. The molecule has 1 aliphatic heterocycles. The average Bonchev–Trinajstić information content (AvgIpc) is 2.70. The van der Waals surface area contributed by atoms with Crippen molar-refractivity contribution in [3.8, 4) is 0 Å². The second-order valence-electron chi connectivity index (χ2n) is 3.49. The Balaban J connectivity index is 1.73. The molecule has 1 aromatic rings. The third-order valence-electron chi connectivity index (χ3n) is 2.45. The van der Waals surface area contributed by atoms with E-state index in [9.17, 15) is 4.21 Å². The Morgan fingerprint density at radius 3 is 3.00 bits per heavy atom. The molecular weight excluding hydrogens is 200 g/mol. The lowest BCUT2D eigenvalue weighted by molar-refractivity contribution is 0.400. The summed E-state index contributed by atoms with van der Waals surface area (Å²) in [5.74, 6) is 1.66. The normalized spacial score (nSPS) is 27.7. The van der Waals surface area contributed by atoms with Crippen LogP contribution in [0.3, 0.4) is 0 Å². The molecule has 0 bridgehead atoms. The van der Waals surface area contributed by atoms with E-state index in [4.69, 9.17) is 4.52 Å². The molecule has 0 radical (unpaired) electrons. The van der Waals surface area contributed by atoms with Gasteiger partial charge >= 0.3 is 0 Å². The van der Waals surface area contributed by atoms with Crippen molar-refractivity contribution < 1.29 is 8.73 Å². The minimum Gasteiger partial charge on any atom is -0.364 e. The SMILES string of the molecule is O=S1CCC(NCc2ccon2)CC1. The molecule has 2 heterocycles. The van der Waals surface area contributed by atoms with E-state index in [1.165, 1.54) is 0 Å². The highest BCUT2D eigenvalue weighted by Gasteiger charge is 2.17. The van der Waals surface area contributed by atoms with Gasteiger partial charge in [-0.1, -0.05) is 5.16 Å². The van der Waals surface area contributed by atoms with E-state index in [1.807, 2.05) is 6.07 Å². The zero-order chi connectivity index (χ0) is 9.80. The van der Waals surface area contributed by atoms with Gasteiger partial charge in [-0.3, -0.25) is 4.21 Å². The van der Waals surface area contributed by atoms with Gasteiger partial charge in [-0.2, -0.15) is 0 Å². The van der Waals surface area contributed by atoms with Crippen LogP contribution in [0, 0.1) is 0 Å². The Hall–Kier alpha value is -0.680. The van der Waals surface area contributed by atoms with Crippen LogP contribution in [0.25, 0.3) is 0 Å². The Bertz CT molecular complexity index is 290. The van der Waals surface area contributed by atoms with E-state index in [2.05, 4.69) is 10.5 Å². The summed E-state index contributed by atoms with van der Waals surface area (Å²) in [5, 5.41) is 7.21. The lowest BCUT2D eigenvalue weighted by atomic mass is 10.1. The number of hydrogen-bond donors (Lipinski definition) is 1. The van der Waals surface area contributed by atoms with Gasteiger partial charge in [0.25, 0.3) is 0 Å². The molecule has 1 N–H and O–H groups in total. The van der Waals surface area contributed by atoms with E-state index < -0.39 is 10.8 Å². The number of aromatic nitrogens is 1. The maximum absolute atomic E-state index is 11.1. The van der Waals surface area contributed by atoms with Crippen LogP contribution in [0.15, 0.2) is 16.9 Å². The predicted octanol–water partition coefficient (Wildman–Crippen LogP) is 0.675. The molecule has 0 unspecified atom stereocenters. The molecule has 0 saturated carbocycles. The van der Waals surface area contributed by atoms with Crippen LogP contribution in [-0.4, -0.2) is 26.9 Å². The van der Waals surface area contributed by atoms with Crippen LogP contribution in [0.1, 0.15) is 18.5 Å². The molecule has 1 saturated heterocycles. The van der Waals surface area contributed by atoms with Gasteiger partial charge in [0.2, 0.25) is 0 Å². The molecule has 5 heteroatoms. The minimum atomic E-state index is -0.575. The highest BCUT2D eigenvalue weighted by atomic mass is 32.2. The van der Waals surface area contributed by atoms with E-state index in [1.54, 1.807) is 6.26 Å². The van der Waals surface area contributed by atoms with Crippen LogP contribution in [0.5, 0.6) is 0 Å². The van der Waals surface area contributed by atoms with Crippen molar-refractivity contribution in [3.63, 3.8) is 0 Å². The van der Waals surface area contributed by atoms with Gasteiger partial charge in [0.15, 0.2) is 0 Å². The van der Waals surface area contributed by atoms with Crippen molar-refractivity contribution in [2.75, 3.05) is 11.5 Å². The summed E-state index contributed by atoms with van der Waals surface area (Å²) >= 11 is 0. The lowest BCUT2D eigenvalue weighted by Crippen LogP contribution is -2.35. The second-order valence-corrected chi connectivity index (χ2v) is 5.19. The molecule has 0 aromatic carbocycles. The molecule has 14 heavy (non-hydrogen) atoms. The molecule has 2 rings (SSSR count). The van der Waals surface area contributed by atoms with Gasteiger partial charge in [-0.25, -0.2) is 0 Å². The predicted molar refractivity (Wildman–Crippen MR) is 54.2 cm³/mol. The Morgan fingerprint density at radius 2 is 2.36 bits per heavy atom. The number of nitrogens with zero attached hydrogens (tertiary/aromatic N) is 1. The second kappa shape index (κ2) is 4.70. The zero-order valence-corrected chi connectivity index (χ0v) is 8.76. The van der Waals surface area contributed by atoms with Gasteiger partial charge in [0, 0.05) is 41.0 Å². The van der Waals surface area contributed by atoms with Crippen molar-refractivity contribution in [2.45, 2.75) is 25.4 Å². The molecule has 78 valence electrons. The van der Waals surface area contributed by atoms with Gasteiger partial charge in [0.05, 0.1) is 5.69 Å². The third-order valence-corrected chi connectivity index (χ3v) is 3.83. The first-order chi connectivity index (χ1) is 6.84.